The molecule has 2 heterocycles. The summed E-state index contributed by atoms with van der Waals surface area (Å²) in [4.78, 5) is 17.9. The van der Waals surface area contributed by atoms with Crippen LogP contribution < -0.4 is 5.56 Å². The molecule has 1 aliphatic carbocycles. The van der Waals surface area contributed by atoms with E-state index in [0.29, 0.717) is 10.9 Å². The van der Waals surface area contributed by atoms with E-state index < -0.39 is 0 Å². The van der Waals surface area contributed by atoms with Gasteiger partial charge in [-0.05, 0) is 30.7 Å². The van der Waals surface area contributed by atoms with Crippen LogP contribution in [-0.2, 0) is 12.8 Å². The highest BCUT2D eigenvalue weighted by molar-refractivity contribution is 7.17. The predicted molar refractivity (Wildman–Crippen MR) is 82.2 cm³/mol. The number of rotatable bonds is 1. The van der Waals surface area contributed by atoms with Crippen molar-refractivity contribution < 1.29 is 5.11 Å². The minimum atomic E-state index is -0.196. The van der Waals surface area contributed by atoms with Crippen LogP contribution in [0.4, 0.5) is 0 Å². The highest BCUT2D eigenvalue weighted by Gasteiger charge is 2.25. The van der Waals surface area contributed by atoms with Gasteiger partial charge in [0.1, 0.15) is 0 Å². The molecule has 1 aromatic carbocycles. The van der Waals surface area contributed by atoms with Gasteiger partial charge in [-0.3, -0.25) is 9.20 Å². The van der Waals surface area contributed by atoms with E-state index in [4.69, 9.17) is 0 Å². The number of benzene rings is 1. The van der Waals surface area contributed by atoms with Gasteiger partial charge in [-0.2, -0.15) is 4.98 Å². The summed E-state index contributed by atoms with van der Waals surface area (Å²) in [7, 11) is 0. The Kier molecular flexibility index (Phi) is 2.82. The molecule has 1 aliphatic rings. The van der Waals surface area contributed by atoms with Crippen molar-refractivity contribution >= 4 is 16.3 Å². The molecule has 0 fully saturated rings. The number of hydrogen-bond acceptors (Lipinski definition) is 4. The lowest BCUT2D eigenvalue weighted by atomic mass is 9.85. The number of hydrogen-bond donors (Lipinski definition) is 1. The largest absolute Gasteiger partial charge is 0.493 e. The Labute approximate surface area is 125 Å². The number of fused-ring (bicyclic) bond motifs is 3. The maximum absolute atomic E-state index is 12.1. The van der Waals surface area contributed by atoms with Gasteiger partial charge in [-0.1, -0.05) is 30.3 Å². The third kappa shape index (κ3) is 2.05. The number of thiazole rings is 1. The molecule has 21 heavy (non-hydrogen) atoms. The zero-order valence-electron chi connectivity index (χ0n) is 11.3. The maximum atomic E-state index is 12.1. The van der Waals surface area contributed by atoms with E-state index >= 15 is 0 Å². The van der Waals surface area contributed by atoms with Crippen LogP contribution >= 0.6 is 11.3 Å². The molecule has 0 saturated carbocycles. The molecule has 4 nitrogen and oxygen atoms in total. The lowest BCUT2D eigenvalue weighted by Gasteiger charge is -2.22. The smallest absolute Gasteiger partial charge is 0.262 e. The summed E-state index contributed by atoms with van der Waals surface area (Å²) in [6.45, 7) is 0. The molecule has 0 spiro atoms. The Morgan fingerprint density at radius 1 is 1.29 bits per heavy atom. The normalized spacial score (nSPS) is 17.8. The Bertz CT molecular complexity index is 867. The van der Waals surface area contributed by atoms with E-state index in [1.165, 1.54) is 27.8 Å². The third-order valence-electron chi connectivity index (χ3n) is 4.11. The fraction of sp³-hybridized carbons (Fsp3) is 0.250. The van der Waals surface area contributed by atoms with Crippen LogP contribution in [0.1, 0.15) is 28.5 Å². The minimum absolute atomic E-state index is 0.187. The molecule has 3 aromatic rings. The molecule has 4 rings (SSSR count). The van der Waals surface area contributed by atoms with Crippen LogP contribution in [0.25, 0.3) is 4.96 Å². The van der Waals surface area contributed by atoms with Gasteiger partial charge in [-0.15, -0.1) is 11.3 Å². The Hall–Kier alpha value is -2.14. The summed E-state index contributed by atoms with van der Waals surface area (Å²) in [5, 5.41) is 9.48. The predicted octanol–water partition coefficient (Wildman–Crippen LogP) is 2.73. The zero-order valence-corrected chi connectivity index (χ0v) is 12.1. The van der Waals surface area contributed by atoms with Crippen molar-refractivity contribution in [3.63, 3.8) is 0 Å². The number of aryl methyl sites for hydroxylation is 1. The second kappa shape index (κ2) is 4.70. The van der Waals surface area contributed by atoms with Crippen molar-refractivity contribution in [2.24, 2.45) is 0 Å². The average molecular weight is 298 g/mol. The Morgan fingerprint density at radius 3 is 2.90 bits per heavy atom. The molecule has 5 heteroatoms. The summed E-state index contributed by atoms with van der Waals surface area (Å²) >= 11 is 1.52. The van der Waals surface area contributed by atoms with Gasteiger partial charge in [0.05, 0.1) is 6.07 Å². The van der Waals surface area contributed by atoms with Crippen molar-refractivity contribution in [3.05, 3.63) is 62.9 Å². The van der Waals surface area contributed by atoms with Crippen LogP contribution in [-0.4, -0.2) is 14.5 Å². The fourth-order valence-corrected chi connectivity index (χ4v) is 4.36. The molecule has 0 saturated heterocycles. The topological polar surface area (TPSA) is 54.6 Å². The van der Waals surface area contributed by atoms with Crippen molar-refractivity contribution in [3.8, 4) is 5.88 Å². The van der Waals surface area contributed by atoms with Gasteiger partial charge in [0.15, 0.2) is 4.96 Å². The number of aromatic nitrogens is 2. The standard InChI is InChI=1S/C16H14N2O2S/c19-14-9-15(20)18-12-7-6-11(10-4-2-1-3-5-10)8-13(12)21-16(18)17-14/h1-5,9,11,19H,6-8H2. The summed E-state index contributed by atoms with van der Waals surface area (Å²) in [5.41, 5.74) is 2.23. The van der Waals surface area contributed by atoms with Crippen LogP contribution in [0.2, 0.25) is 0 Å². The molecule has 1 unspecified atom stereocenters. The van der Waals surface area contributed by atoms with Crippen molar-refractivity contribution in [2.45, 2.75) is 25.2 Å². The van der Waals surface area contributed by atoms with Crippen molar-refractivity contribution in [2.75, 3.05) is 0 Å². The van der Waals surface area contributed by atoms with Gasteiger partial charge in [0.2, 0.25) is 5.88 Å². The highest BCUT2D eigenvalue weighted by atomic mass is 32.1. The SMILES string of the molecule is O=c1cc(O)nc2sc3c(n12)CCC(c1ccccc1)C3. The summed E-state index contributed by atoms with van der Waals surface area (Å²) in [6.07, 6.45) is 2.85. The second-order valence-corrected chi connectivity index (χ2v) is 6.45. The molecular weight excluding hydrogens is 284 g/mol. The van der Waals surface area contributed by atoms with E-state index in [0.717, 1.165) is 25.0 Å². The first-order valence-electron chi connectivity index (χ1n) is 7.00. The van der Waals surface area contributed by atoms with Crippen molar-refractivity contribution in [1.82, 2.24) is 9.38 Å². The molecule has 0 bridgehead atoms. The van der Waals surface area contributed by atoms with E-state index in [9.17, 15) is 9.90 Å². The van der Waals surface area contributed by atoms with Gasteiger partial charge in [0, 0.05) is 10.6 Å². The van der Waals surface area contributed by atoms with Gasteiger partial charge < -0.3 is 5.11 Å². The third-order valence-corrected chi connectivity index (χ3v) is 5.22. The zero-order chi connectivity index (χ0) is 14.4. The van der Waals surface area contributed by atoms with Crippen LogP contribution in [0.15, 0.2) is 41.2 Å². The van der Waals surface area contributed by atoms with Crippen molar-refractivity contribution in [1.29, 1.82) is 0 Å². The maximum Gasteiger partial charge on any atom is 0.262 e. The molecule has 1 N–H and O–H groups in total. The van der Waals surface area contributed by atoms with Crippen LogP contribution in [0.5, 0.6) is 5.88 Å². The lowest BCUT2D eigenvalue weighted by molar-refractivity contribution is 0.453. The fourth-order valence-electron chi connectivity index (χ4n) is 3.12. The van der Waals surface area contributed by atoms with Crippen LogP contribution in [0.3, 0.4) is 0 Å². The first-order valence-corrected chi connectivity index (χ1v) is 7.82. The lowest BCUT2D eigenvalue weighted by Crippen LogP contribution is -2.18. The van der Waals surface area contributed by atoms with Gasteiger partial charge in [-0.25, -0.2) is 0 Å². The summed E-state index contributed by atoms with van der Waals surface area (Å²) in [5.74, 6) is 0.300. The number of nitrogens with zero attached hydrogens (tertiary/aromatic N) is 2. The second-order valence-electron chi connectivity index (χ2n) is 5.39. The summed E-state index contributed by atoms with van der Waals surface area (Å²) < 4.78 is 1.65. The van der Waals surface area contributed by atoms with Gasteiger partial charge >= 0.3 is 0 Å². The number of aromatic hydroxyl groups is 1. The molecule has 0 amide bonds. The average Bonchev–Trinajstić information content (AvgIpc) is 2.85. The Morgan fingerprint density at radius 2 is 2.10 bits per heavy atom. The molecule has 1 atom stereocenters. The summed E-state index contributed by atoms with van der Waals surface area (Å²) in [6, 6.07) is 11.7. The van der Waals surface area contributed by atoms with E-state index in [2.05, 4.69) is 29.2 Å². The monoisotopic (exact) mass is 298 g/mol. The molecule has 2 aromatic heterocycles. The first-order chi connectivity index (χ1) is 10.2. The molecular formula is C16H14N2O2S. The molecule has 0 aliphatic heterocycles. The van der Waals surface area contributed by atoms with Crippen LogP contribution in [0, 0.1) is 0 Å². The minimum Gasteiger partial charge on any atom is -0.493 e. The van der Waals surface area contributed by atoms with E-state index in [-0.39, 0.29) is 11.4 Å². The highest BCUT2D eigenvalue weighted by Crippen LogP contribution is 2.36. The first kappa shape index (κ1) is 12.6. The quantitative estimate of drug-likeness (QED) is 0.751. The molecule has 0 radical (unpaired) electrons. The van der Waals surface area contributed by atoms with Gasteiger partial charge in [0.25, 0.3) is 5.56 Å². The van der Waals surface area contributed by atoms with E-state index in [1.54, 1.807) is 4.40 Å². The van der Waals surface area contributed by atoms with E-state index in [1.807, 2.05) is 6.07 Å². The Balaban J connectivity index is 1.80. The molecule has 106 valence electrons.